The van der Waals surface area contributed by atoms with E-state index in [4.69, 9.17) is 5.73 Å². The Bertz CT molecular complexity index is 310. The molecule has 0 aromatic heterocycles. The molecule has 0 saturated heterocycles. The zero-order chi connectivity index (χ0) is 9.26. The average molecular weight is 194 g/mol. The third-order valence-corrected chi connectivity index (χ3v) is 3.20. The number of anilines is 2. The molecule has 0 fully saturated rings. The second kappa shape index (κ2) is 3.50. The molecule has 1 aliphatic heterocycles. The normalized spacial score (nSPS) is 14.7. The standard InChI is InChI=1S/C10H14N2S/c1-2-13-12-7-6-8-4-3-5-9(11)10(8)12/h3-5H,2,6-7,11H2,1H3. The number of fused-ring (bicyclic) bond motifs is 1. The maximum absolute atomic E-state index is 5.94. The van der Waals surface area contributed by atoms with Crippen LogP contribution in [-0.4, -0.2) is 12.3 Å². The van der Waals surface area contributed by atoms with E-state index in [0.29, 0.717) is 0 Å². The molecule has 0 amide bonds. The molecule has 1 aliphatic rings. The summed E-state index contributed by atoms with van der Waals surface area (Å²) in [6.45, 7) is 3.27. The summed E-state index contributed by atoms with van der Waals surface area (Å²) in [4.78, 5) is 0. The van der Waals surface area contributed by atoms with Crippen molar-refractivity contribution in [3.05, 3.63) is 23.8 Å². The van der Waals surface area contributed by atoms with Gasteiger partial charge in [-0.3, -0.25) is 0 Å². The van der Waals surface area contributed by atoms with Crippen LogP contribution in [0.3, 0.4) is 0 Å². The molecule has 3 heteroatoms. The summed E-state index contributed by atoms with van der Waals surface area (Å²) in [5, 5.41) is 0. The molecule has 0 bridgehead atoms. The van der Waals surface area contributed by atoms with Crippen LogP contribution >= 0.6 is 11.9 Å². The van der Waals surface area contributed by atoms with Gasteiger partial charge >= 0.3 is 0 Å². The molecular formula is C10H14N2S. The summed E-state index contributed by atoms with van der Waals surface area (Å²) in [6, 6.07) is 6.18. The molecule has 0 radical (unpaired) electrons. The second-order valence-electron chi connectivity index (χ2n) is 3.12. The minimum atomic E-state index is 0.913. The van der Waals surface area contributed by atoms with Crippen molar-refractivity contribution in [2.45, 2.75) is 13.3 Å². The van der Waals surface area contributed by atoms with Crippen molar-refractivity contribution >= 4 is 23.3 Å². The summed E-state index contributed by atoms with van der Waals surface area (Å²) >= 11 is 1.85. The lowest BCUT2D eigenvalue weighted by molar-refractivity contribution is 1.05. The van der Waals surface area contributed by atoms with Gasteiger partial charge in [0.2, 0.25) is 0 Å². The minimum Gasteiger partial charge on any atom is -0.397 e. The van der Waals surface area contributed by atoms with Gasteiger partial charge in [0.15, 0.2) is 0 Å². The Morgan fingerprint density at radius 2 is 2.38 bits per heavy atom. The van der Waals surface area contributed by atoms with Crippen LogP contribution in [-0.2, 0) is 6.42 Å². The molecule has 0 saturated carbocycles. The van der Waals surface area contributed by atoms with E-state index in [0.717, 1.165) is 24.4 Å². The highest BCUT2D eigenvalue weighted by molar-refractivity contribution is 8.00. The average Bonchev–Trinajstić information content (AvgIpc) is 2.51. The molecule has 0 atom stereocenters. The molecule has 2 rings (SSSR count). The smallest absolute Gasteiger partial charge is 0.0732 e. The monoisotopic (exact) mass is 194 g/mol. The van der Waals surface area contributed by atoms with Crippen molar-refractivity contribution in [3.63, 3.8) is 0 Å². The van der Waals surface area contributed by atoms with E-state index < -0.39 is 0 Å². The van der Waals surface area contributed by atoms with Gasteiger partial charge in [0, 0.05) is 12.3 Å². The number of rotatable bonds is 2. The largest absolute Gasteiger partial charge is 0.397 e. The van der Waals surface area contributed by atoms with Crippen LogP contribution in [0.4, 0.5) is 11.4 Å². The van der Waals surface area contributed by atoms with Gasteiger partial charge in [-0.05, 0) is 18.1 Å². The molecular weight excluding hydrogens is 180 g/mol. The molecule has 13 heavy (non-hydrogen) atoms. The van der Waals surface area contributed by atoms with Crippen molar-refractivity contribution in [3.8, 4) is 0 Å². The van der Waals surface area contributed by atoms with Crippen molar-refractivity contribution < 1.29 is 0 Å². The third-order valence-electron chi connectivity index (χ3n) is 2.27. The first kappa shape index (κ1) is 8.75. The maximum atomic E-state index is 5.94. The topological polar surface area (TPSA) is 29.3 Å². The van der Waals surface area contributed by atoms with E-state index in [9.17, 15) is 0 Å². The molecule has 70 valence electrons. The van der Waals surface area contributed by atoms with E-state index in [2.05, 4.69) is 17.3 Å². The lowest BCUT2D eigenvalue weighted by Gasteiger charge is -2.18. The van der Waals surface area contributed by atoms with Crippen molar-refractivity contribution in [2.75, 3.05) is 22.3 Å². The summed E-state index contributed by atoms with van der Waals surface area (Å²) in [6.07, 6.45) is 1.13. The van der Waals surface area contributed by atoms with Gasteiger partial charge < -0.3 is 10.0 Å². The number of para-hydroxylation sites is 1. The molecule has 1 heterocycles. The molecule has 2 N–H and O–H groups in total. The number of benzene rings is 1. The first-order valence-electron chi connectivity index (χ1n) is 4.60. The Hall–Kier alpha value is -0.830. The summed E-state index contributed by atoms with van der Waals surface area (Å²) < 4.78 is 2.31. The van der Waals surface area contributed by atoms with Crippen LogP contribution in [0.5, 0.6) is 0 Å². The van der Waals surface area contributed by atoms with E-state index in [1.54, 1.807) is 0 Å². The predicted molar refractivity (Wildman–Crippen MR) is 60.0 cm³/mol. The predicted octanol–water partition coefficient (Wildman–Crippen LogP) is 2.30. The zero-order valence-corrected chi connectivity index (χ0v) is 8.60. The van der Waals surface area contributed by atoms with Gasteiger partial charge in [-0.1, -0.05) is 31.0 Å². The number of hydrogen-bond acceptors (Lipinski definition) is 3. The van der Waals surface area contributed by atoms with Crippen molar-refractivity contribution in [1.82, 2.24) is 0 Å². The Balaban J connectivity index is 2.34. The maximum Gasteiger partial charge on any atom is 0.0732 e. The van der Waals surface area contributed by atoms with E-state index in [-0.39, 0.29) is 0 Å². The van der Waals surface area contributed by atoms with E-state index >= 15 is 0 Å². The fourth-order valence-electron chi connectivity index (χ4n) is 1.74. The Morgan fingerprint density at radius 3 is 3.15 bits per heavy atom. The van der Waals surface area contributed by atoms with Gasteiger partial charge in [-0.15, -0.1) is 0 Å². The van der Waals surface area contributed by atoms with Crippen LogP contribution in [0.25, 0.3) is 0 Å². The van der Waals surface area contributed by atoms with Crippen molar-refractivity contribution in [1.29, 1.82) is 0 Å². The van der Waals surface area contributed by atoms with Crippen LogP contribution in [0.15, 0.2) is 18.2 Å². The highest BCUT2D eigenvalue weighted by Gasteiger charge is 2.20. The Kier molecular flexibility index (Phi) is 2.36. The summed E-state index contributed by atoms with van der Waals surface area (Å²) in [5.74, 6) is 1.10. The van der Waals surface area contributed by atoms with Crippen LogP contribution < -0.4 is 10.0 Å². The molecule has 2 nitrogen and oxygen atoms in total. The van der Waals surface area contributed by atoms with E-state index in [1.807, 2.05) is 24.1 Å². The zero-order valence-electron chi connectivity index (χ0n) is 7.79. The summed E-state index contributed by atoms with van der Waals surface area (Å²) in [5.41, 5.74) is 9.49. The van der Waals surface area contributed by atoms with Gasteiger partial charge in [-0.25, -0.2) is 0 Å². The molecule has 1 aromatic carbocycles. The lowest BCUT2D eigenvalue weighted by atomic mass is 10.1. The van der Waals surface area contributed by atoms with E-state index in [1.165, 1.54) is 11.3 Å². The van der Waals surface area contributed by atoms with Crippen LogP contribution in [0.1, 0.15) is 12.5 Å². The van der Waals surface area contributed by atoms with Crippen molar-refractivity contribution in [2.24, 2.45) is 0 Å². The van der Waals surface area contributed by atoms with Gasteiger partial charge in [0.05, 0.1) is 11.4 Å². The number of nitrogens with zero attached hydrogens (tertiary/aromatic N) is 1. The first-order valence-corrected chi connectivity index (χ1v) is 5.55. The SMILES string of the molecule is CCSN1CCc2cccc(N)c21. The lowest BCUT2D eigenvalue weighted by Crippen LogP contribution is -2.11. The fourth-order valence-corrected chi connectivity index (χ4v) is 2.62. The van der Waals surface area contributed by atoms with Gasteiger partial charge in [0.1, 0.15) is 0 Å². The van der Waals surface area contributed by atoms with Crippen LogP contribution in [0, 0.1) is 0 Å². The highest BCUT2D eigenvalue weighted by atomic mass is 32.2. The highest BCUT2D eigenvalue weighted by Crippen LogP contribution is 2.37. The number of nitrogens with two attached hydrogens (primary N) is 1. The molecule has 0 aliphatic carbocycles. The van der Waals surface area contributed by atoms with Gasteiger partial charge in [0.25, 0.3) is 0 Å². The summed E-state index contributed by atoms with van der Waals surface area (Å²) in [7, 11) is 0. The van der Waals surface area contributed by atoms with Crippen LogP contribution in [0.2, 0.25) is 0 Å². The fraction of sp³-hybridized carbons (Fsp3) is 0.400. The Labute approximate surface area is 83.2 Å². The second-order valence-corrected chi connectivity index (χ2v) is 4.40. The molecule has 0 spiro atoms. The van der Waals surface area contributed by atoms with Gasteiger partial charge in [-0.2, -0.15) is 0 Å². The molecule has 1 aromatic rings. The number of hydrogen-bond donors (Lipinski definition) is 1. The first-order chi connectivity index (χ1) is 6.33. The number of nitrogen functional groups attached to an aromatic ring is 1. The quantitative estimate of drug-likeness (QED) is 0.578. The third kappa shape index (κ3) is 1.48. The molecule has 0 unspecified atom stereocenters. The Morgan fingerprint density at radius 1 is 1.54 bits per heavy atom. The minimum absolute atomic E-state index is 0.913.